The third-order valence-electron chi connectivity index (χ3n) is 3.59. The second-order valence-corrected chi connectivity index (χ2v) is 6.35. The normalized spacial score (nSPS) is 15.4. The maximum atomic E-state index is 11.7. The summed E-state index contributed by atoms with van der Waals surface area (Å²) in [7, 11) is 1.34. The number of anilines is 2. The lowest BCUT2D eigenvalue weighted by Gasteiger charge is -2.21. The molecule has 1 aliphatic rings. The maximum Gasteiger partial charge on any atom is 0.351 e. The average Bonchev–Trinajstić information content (AvgIpc) is 2.82. The van der Waals surface area contributed by atoms with Gasteiger partial charge in [0, 0.05) is 32.4 Å². The monoisotopic (exact) mass is 353 g/mol. The minimum Gasteiger partial charge on any atom is -0.465 e. The molecule has 0 bridgehead atoms. The fourth-order valence-corrected chi connectivity index (χ4v) is 3.70. The number of nitrogens with zero attached hydrogens (tertiary/aromatic N) is 5. The van der Waals surface area contributed by atoms with Gasteiger partial charge < -0.3 is 14.5 Å². The minimum absolute atomic E-state index is 0.201. The van der Waals surface area contributed by atoms with E-state index in [2.05, 4.69) is 25.0 Å². The quantitative estimate of drug-likeness (QED) is 0.782. The Morgan fingerprint density at radius 2 is 2.09 bits per heavy atom. The molecule has 3 rings (SSSR count). The number of rotatable bonds is 3. The van der Waals surface area contributed by atoms with E-state index in [9.17, 15) is 4.79 Å². The lowest BCUT2D eigenvalue weighted by molar-refractivity contribution is 0.0606. The lowest BCUT2D eigenvalue weighted by atomic mass is 10.4. The molecular formula is C14H16ClN5O2S. The van der Waals surface area contributed by atoms with Gasteiger partial charge >= 0.3 is 5.97 Å². The number of carbonyl (C=O) groups excluding carboxylic acids is 1. The van der Waals surface area contributed by atoms with Crippen molar-refractivity contribution in [2.45, 2.75) is 6.42 Å². The molecule has 0 amide bonds. The molecule has 0 aromatic carbocycles. The number of hydrogen-bond donors (Lipinski definition) is 0. The zero-order valence-corrected chi connectivity index (χ0v) is 14.2. The molecule has 9 heteroatoms. The molecule has 23 heavy (non-hydrogen) atoms. The molecule has 0 atom stereocenters. The summed E-state index contributed by atoms with van der Waals surface area (Å²) in [6.45, 7) is 3.34. The summed E-state index contributed by atoms with van der Waals surface area (Å²) in [6.07, 6.45) is 2.63. The number of carbonyl (C=O) groups is 1. The van der Waals surface area contributed by atoms with Crippen molar-refractivity contribution in [3.8, 4) is 0 Å². The van der Waals surface area contributed by atoms with Gasteiger partial charge in [-0.3, -0.25) is 0 Å². The van der Waals surface area contributed by atoms with Gasteiger partial charge in [-0.1, -0.05) is 22.9 Å². The highest BCUT2D eigenvalue weighted by Gasteiger charge is 2.23. The van der Waals surface area contributed by atoms with Crippen molar-refractivity contribution >= 4 is 39.9 Å². The van der Waals surface area contributed by atoms with Crippen molar-refractivity contribution in [2.75, 3.05) is 43.1 Å². The molecule has 0 radical (unpaired) electrons. The lowest BCUT2D eigenvalue weighted by Crippen LogP contribution is -2.31. The molecule has 1 saturated heterocycles. The largest absolute Gasteiger partial charge is 0.465 e. The van der Waals surface area contributed by atoms with Crippen LogP contribution >= 0.6 is 22.9 Å². The van der Waals surface area contributed by atoms with Gasteiger partial charge in [-0.25, -0.2) is 9.78 Å². The number of aromatic nitrogens is 3. The number of thiazole rings is 1. The van der Waals surface area contributed by atoms with Crippen LogP contribution in [0.15, 0.2) is 18.3 Å². The summed E-state index contributed by atoms with van der Waals surface area (Å²) in [5, 5.41) is 9.03. The first-order valence-corrected chi connectivity index (χ1v) is 8.40. The van der Waals surface area contributed by atoms with E-state index in [1.807, 2.05) is 12.1 Å². The third-order valence-corrected chi connectivity index (χ3v) is 5.08. The van der Waals surface area contributed by atoms with Crippen molar-refractivity contribution in [3.63, 3.8) is 0 Å². The minimum atomic E-state index is -0.449. The van der Waals surface area contributed by atoms with E-state index in [-0.39, 0.29) is 5.15 Å². The zero-order chi connectivity index (χ0) is 16.2. The summed E-state index contributed by atoms with van der Waals surface area (Å²) >= 11 is 7.31. The Balaban J connectivity index is 1.72. The van der Waals surface area contributed by atoms with Gasteiger partial charge in [-0.2, -0.15) is 5.10 Å². The highest BCUT2D eigenvalue weighted by Crippen LogP contribution is 2.31. The predicted octanol–water partition coefficient (Wildman–Crippen LogP) is 2.09. The van der Waals surface area contributed by atoms with Gasteiger partial charge in [0.15, 0.2) is 21.0 Å². The number of ether oxygens (including phenoxy) is 1. The molecule has 122 valence electrons. The van der Waals surface area contributed by atoms with Crippen molar-refractivity contribution in [1.29, 1.82) is 0 Å². The summed E-state index contributed by atoms with van der Waals surface area (Å²) in [4.78, 5) is 20.6. The fraction of sp³-hybridized carbons (Fsp3) is 0.429. The van der Waals surface area contributed by atoms with Gasteiger partial charge in [0.2, 0.25) is 0 Å². The Kier molecular flexibility index (Phi) is 4.92. The zero-order valence-electron chi connectivity index (χ0n) is 12.6. The summed E-state index contributed by atoms with van der Waals surface area (Å²) < 4.78 is 4.72. The van der Waals surface area contributed by atoms with Crippen LogP contribution in [-0.4, -0.2) is 54.4 Å². The van der Waals surface area contributed by atoms with Gasteiger partial charge in [0.1, 0.15) is 0 Å². The van der Waals surface area contributed by atoms with Gasteiger partial charge in [-0.15, -0.1) is 5.10 Å². The second-order valence-electron chi connectivity index (χ2n) is 5.02. The highest BCUT2D eigenvalue weighted by molar-refractivity contribution is 7.18. The molecule has 0 N–H and O–H groups in total. The standard InChI is InChI=1S/C14H16ClN5O2S/c1-22-13(21)11-12(15)17-14(23-11)20-7-3-6-19(8-9-20)10-4-2-5-16-18-10/h2,4-5H,3,6-9H2,1H3. The second kappa shape index (κ2) is 7.10. The Labute approximate surface area is 142 Å². The van der Waals surface area contributed by atoms with Gasteiger partial charge in [0.05, 0.1) is 7.11 Å². The smallest absolute Gasteiger partial charge is 0.351 e. The van der Waals surface area contributed by atoms with Crippen LogP contribution in [0, 0.1) is 0 Å². The Bertz CT molecular complexity index is 681. The van der Waals surface area contributed by atoms with E-state index in [1.54, 1.807) is 6.20 Å². The molecule has 0 unspecified atom stereocenters. The van der Waals surface area contributed by atoms with Crippen molar-refractivity contribution in [1.82, 2.24) is 15.2 Å². The average molecular weight is 354 g/mol. The highest BCUT2D eigenvalue weighted by atomic mass is 35.5. The molecule has 0 spiro atoms. The molecular weight excluding hydrogens is 338 g/mol. The number of halogens is 1. The van der Waals surface area contributed by atoms with Crippen LogP contribution in [0.1, 0.15) is 16.1 Å². The van der Waals surface area contributed by atoms with E-state index >= 15 is 0 Å². The number of esters is 1. The van der Waals surface area contributed by atoms with Crippen LogP contribution in [0.3, 0.4) is 0 Å². The van der Waals surface area contributed by atoms with Crippen molar-refractivity contribution < 1.29 is 9.53 Å². The third kappa shape index (κ3) is 3.53. The molecule has 3 heterocycles. The topological polar surface area (TPSA) is 71.5 Å². The molecule has 2 aromatic heterocycles. The molecule has 1 aliphatic heterocycles. The summed E-state index contributed by atoms with van der Waals surface area (Å²) in [5.41, 5.74) is 0. The summed E-state index contributed by atoms with van der Waals surface area (Å²) in [5.74, 6) is 0.427. The molecule has 0 saturated carbocycles. The first-order valence-electron chi connectivity index (χ1n) is 7.21. The van der Waals surface area contributed by atoms with E-state index in [4.69, 9.17) is 16.3 Å². The van der Waals surface area contributed by atoms with Gasteiger partial charge in [-0.05, 0) is 18.6 Å². The Hall–Kier alpha value is -1.93. The summed E-state index contributed by atoms with van der Waals surface area (Å²) in [6, 6.07) is 3.84. The molecule has 2 aromatic rings. The number of hydrogen-bond acceptors (Lipinski definition) is 8. The van der Waals surface area contributed by atoms with Crippen LogP contribution in [0.4, 0.5) is 10.9 Å². The fourth-order valence-electron chi connectivity index (χ4n) is 2.44. The first-order chi connectivity index (χ1) is 11.2. The van der Waals surface area contributed by atoms with E-state index in [0.29, 0.717) is 4.88 Å². The number of methoxy groups -OCH3 is 1. The van der Waals surface area contributed by atoms with Crippen LogP contribution in [-0.2, 0) is 4.74 Å². The van der Waals surface area contributed by atoms with E-state index < -0.39 is 5.97 Å². The van der Waals surface area contributed by atoms with Crippen LogP contribution in [0.5, 0.6) is 0 Å². The first kappa shape index (κ1) is 15.9. The van der Waals surface area contributed by atoms with Gasteiger partial charge in [0.25, 0.3) is 0 Å². The van der Waals surface area contributed by atoms with Crippen LogP contribution in [0.2, 0.25) is 5.15 Å². The van der Waals surface area contributed by atoms with Crippen molar-refractivity contribution in [3.05, 3.63) is 28.4 Å². The van der Waals surface area contributed by atoms with E-state index in [0.717, 1.165) is 43.5 Å². The van der Waals surface area contributed by atoms with Crippen LogP contribution < -0.4 is 9.80 Å². The Morgan fingerprint density at radius 3 is 2.83 bits per heavy atom. The maximum absolute atomic E-state index is 11.7. The van der Waals surface area contributed by atoms with Crippen LogP contribution in [0.25, 0.3) is 0 Å². The molecule has 1 fully saturated rings. The molecule has 0 aliphatic carbocycles. The van der Waals surface area contributed by atoms with Crippen molar-refractivity contribution in [2.24, 2.45) is 0 Å². The predicted molar refractivity (Wildman–Crippen MR) is 89.5 cm³/mol. The molecule has 7 nitrogen and oxygen atoms in total. The Morgan fingerprint density at radius 1 is 1.30 bits per heavy atom. The van der Waals surface area contributed by atoms with E-state index in [1.165, 1.54) is 18.4 Å². The SMILES string of the molecule is COC(=O)c1sc(N2CCCN(c3cccnn3)CC2)nc1Cl.